The second-order valence-corrected chi connectivity index (χ2v) is 7.04. The minimum Gasteiger partial charge on any atom is -0.397 e. The van der Waals surface area contributed by atoms with E-state index in [1.807, 2.05) is 18.2 Å². The zero-order chi connectivity index (χ0) is 17.4. The maximum atomic E-state index is 12.0. The van der Waals surface area contributed by atoms with E-state index in [1.54, 1.807) is 18.2 Å². The number of hydrogen-bond acceptors (Lipinski definition) is 2. The van der Waals surface area contributed by atoms with Crippen molar-refractivity contribution in [2.24, 2.45) is 11.8 Å². The normalized spacial score (nSPS) is 17.8. The fourth-order valence-corrected chi connectivity index (χ4v) is 3.51. The maximum Gasteiger partial charge on any atom is 0.248 e. The first-order chi connectivity index (χ1) is 11.5. The van der Waals surface area contributed by atoms with Crippen molar-refractivity contribution in [2.45, 2.75) is 52.4 Å². The van der Waals surface area contributed by atoms with E-state index in [1.165, 1.54) is 38.5 Å². The molecule has 1 saturated carbocycles. The number of allylic oxidation sites excluding steroid dienone is 3. The Kier molecular flexibility index (Phi) is 7.10. The quantitative estimate of drug-likeness (QED) is 0.422. The molecule has 0 heterocycles. The highest BCUT2D eigenvalue weighted by atomic mass is 16.1. The molecule has 1 unspecified atom stereocenters. The fourth-order valence-electron chi connectivity index (χ4n) is 3.51. The third kappa shape index (κ3) is 6.23. The third-order valence-electron chi connectivity index (χ3n) is 4.69. The van der Waals surface area contributed by atoms with E-state index in [2.05, 4.69) is 25.2 Å². The lowest BCUT2D eigenvalue weighted by atomic mass is 9.83. The number of nitrogen functional groups attached to an aromatic ring is 1. The minimum absolute atomic E-state index is 0.152. The summed E-state index contributed by atoms with van der Waals surface area (Å²) in [5, 5.41) is 2.81. The molecule has 0 saturated heterocycles. The number of anilines is 2. The Bertz CT molecular complexity index is 598. The van der Waals surface area contributed by atoms with Gasteiger partial charge < -0.3 is 11.1 Å². The van der Waals surface area contributed by atoms with Crippen LogP contribution >= 0.6 is 0 Å². The average Bonchev–Trinajstić information content (AvgIpc) is 2.56. The van der Waals surface area contributed by atoms with Crippen LogP contribution in [0.5, 0.6) is 0 Å². The summed E-state index contributed by atoms with van der Waals surface area (Å²) < 4.78 is 0. The number of amides is 1. The predicted octanol–water partition coefficient (Wildman–Crippen LogP) is 5.32. The molecule has 130 valence electrons. The Labute approximate surface area is 146 Å². The fraction of sp³-hybridized carbons (Fsp3) is 0.476. The van der Waals surface area contributed by atoms with Crippen LogP contribution in [-0.4, -0.2) is 5.91 Å². The molecule has 2 rings (SSSR count). The standard InChI is InChI=1S/C21H30N2O/c1-16(14-17(2)15-18-8-4-3-5-9-18)12-13-21(24)23-20-11-7-6-10-19(20)22/h6-7,10-14,17-18H,3-5,8-9,15,22H2,1-2H3,(H,23,24)/b13-12+,16-14+. The van der Waals surface area contributed by atoms with Gasteiger partial charge in [-0.1, -0.05) is 68.9 Å². The van der Waals surface area contributed by atoms with E-state index in [9.17, 15) is 4.79 Å². The molecule has 0 aliphatic heterocycles. The number of nitrogens with one attached hydrogen (secondary N) is 1. The van der Waals surface area contributed by atoms with Gasteiger partial charge in [-0.05, 0) is 37.3 Å². The van der Waals surface area contributed by atoms with Crippen molar-refractivity contribution in [3.05, 3.63) is 48.1 Å². The van der Waals surface area contributed by atoms with E-state index in [0.29, 0.717) is 17.3 Å². The summed E-state index contributed by atoms with van der Waals surface area (Å²) in [5.74, 6) is 1.29. The van der Waals surface area contributed by atoms with Crippen LogP contribution in [0.15, 0.2) is 48.1 Å². The molecule has 1 aromatic carbocycles. The second-order valence-electron chi connectivity index (χ2n) is 7.04. The van der Waals surface area contributed by atoms with E-state index < -0.39 is 0 Å². The van der Waals surface area contributed by atoms with Gasteiger partial charge in [-0.15, -0.1) is 0 Å². The van der Waals surface area contributed by atoms with Crippen LogP contribution in [0, 0.1) is 11.8 Å². The van der Waals surface area contributed by atoms with Crippen LogP contribution < -0.4 is 11.1 Å². The SMILES string of the molecule is CC(/C=C/C(=O)Nc1ccccc1N)=C\C(C)CC1CCCCC1. The van der Waals surface area contributed by atoms with Crippen LogP contribution in [0.1, 0.15) is 52.4 Å². The molecule has 1 aliphatic rings. The van der Waals surface area contributed by atoms with Gasteiger partial charge in [0.15, 0.2) is 0 Å². The topological polar surface area (TPSA) is 55.1 Å². The molecule has 0 radical (unpaired) electrons. The summed E-state index contributed by atoms with van der Waals surface area (Å²) >= 11 is 0. The monoisotopic (exact) mass is 326 g/mol. The minimum atomic E-state index is -0.152. The van der Waals surface area contributed by atoms with Crippen molar-refractivity contribution >= 4 is 17.3 Å². The highest BCUT2D eigenvalue weighted by molar-refractivity contribution is 6.01. The molecule has 3 heteroatoms. The number of hydrogen-bond donors (Lipinski definition) is 2. The Morgan fingerprint density at radius 3 is 2.67 bits per heavy atom. The number of carbonyl (C=O) groups excluding carboxylic acids is 1. The van der Waals surface area contributed by atoms with Crippen molar-refractivity contribution in [1.82, 2.24) is 0 Å². The third-order valence-corrected chi connectivity index (χ3v) is 4.69. The lowest BCUT2D eigenvalue weighted by molar-refractivity contribution is -0.111. The van der Waals surface area contributed by atoms with E-state index in [0.717, 1.165) is 11.5 Å². The zero-order valence-electron chi connectivity index (χ0n) is 14.9. The van der Waals surface area contributed by atoms with Crippen LogP contribution in [0.25, 0.3) is 0 Å². The van der Waals surface area contributed by atoms with Gasteiger partial charge in [0, 0.05) is 6.08 Å². The number of rotatable bonds is 6. The smallest absolute Gasteiger partial charge is 0.248 e. The Morgan fingerprint density at radius 2 is 1.96 bits per heavy atom. The summed E-state index contributed by atoms with van der Waals surface area (Å²) in [6, 6.07) is 7.28. The Balaban J connectivity index is 1.83. The molecule has 3 N–H and O–H groups in total. The van der Waals surface area contributed by atoms with Crippen LogP contribution in [0.2, 0.25) is 0 Å². The lowest BCUT2D eigenvalue weighted by Gasteiger charge is -2.23. The molecule has 1 amide bonds. The summed E-state index contributed by atoms with van der Waals surface area (Å²) in [4.78, 5) is 12.0. The van der Waals surface area contributed by atoms with Gasteiger partial charge >= 0.3 is 0 Å². The molecule has 0 spiro atoms. The first-order valence-electron chi connectivity index (χ1n) is 9.06. The van der Waals surface area contributed by atoms with E-state index in [4.69, 9.17) is 5.73 Å². The molecule has 1 atom stereocenters. The summed E-state index contributed by atoms with van der Waals surface area (Å²) in [6.07, 6.45) is 13.9. The largest absolute Gasteiger partial charge is 0.397 e. The van der Waals surface area contributed by atoms with Crippen molar-refractivity contribution in [2.75, 3.05) is 11.1 Å². The first kappa shape index (κ1) is 18.3. The summed E-state index contributed by atoms with van der Waals surface area (Å²) in [5.41, 5.74) is 8.19. The van der Waals surface area contributed by atoms with Crippen LogP contribution in [0.4, 0.5) is 11.4 Å². The van der Waals surface area contributed by atoms with Crippen molar-refractivity contribution in [3.63, 3.8) is 0 Å². The van der Waals surface area contributed by atoms with Crippen molar-refractivity contribution < 1.29 is 4.79 Å². The number of benzene rings is 1. The van der Waals surface area contributed by atoms with Crippen LogP contribution in [-0.2, 0) is 4.79 Å². The molecule has 0 bridgehead atoms. The van der Waals surface area contributed by atoms with Gasteiger partial charge in [0.1, 0.15) is 0 Å². The molecule has 1 aliphatic carbocycles. The van der Waals surface area contributed by atoms with E-state index >= 15 is 0 Å². The highest BCUT2D eigenvalue weighted by Gasteiger charge is 2.15. The maximum absolute atomic E-state index is 12.0. The lowest BCUT2D eigenvalue weighted by Crippen LogP contribution is -2.10. The van der Waals surface area contributed by atoms with Crippen LogP contribution in [0.3, 0.4) is 0 Å². The van der Waals surface area contributed by atoms with Gasteiger partial charge in [-0.3, -0.25) is 4.79 Å². The number of nitrogens with two attached hydrogens (primary N) is 1. The first-order valence-corrected chi connectivity index (χ1v) is 9.06. The molecule has 24 heavy (non-hydrogen) atoms. The number of para-hydroxylation sites is 2. The molecule has 1 aromatic rings. The van der Waals surface area contributed by atoms with Crippen molar-refractivity contribution in [3.8, 4) is 0 Å². The highest BCUT2D eigenvalue weighted by Crippen LogP contribution is 2.29. The van der Waals surface area contributed by atoms with Crippen molar-refractivity contribution in [1.29, 1.82) is 0 Å². The summed E-state index contributed by atoms with van der Waals surface area (Å²) in [6.45, 7) is 4.33. The van der Waals surface area contributed by atoms with Gasteiger partial charge in [0.05, 0.1) is 11.4 Å². The van der Waals surface area contributed by atoms with Gasteiger partial charge in [0.2, 0.25) is 5.91 Å². The zero-order valence-corrected chi connectivity index (χ0v) is 14.9. The second kappa shape index (κ2) is 9.31. The van der Waals surface area contributed by atoms with Gasteiger partial charge in [-0.2, -0.15) is 0 Å². The number of carbonyl (C=O) groups is 1. The Hall–Kier alpha value is -2.03. The summed E-state index contributed by atoms with van der Waals surface area (Å²) in [7, 11) is 0. The molecular formula is C21H30N2O. The molecule has 1 fully saturated rings. The molecular weight excluding hydrogens is 296 g/mol. The molecule has 3 nitrogen and oxygen atoms in total. The van der Waals surface area contributed by atoms with Gasteiger partial charge in [-0.25, -0.2) is 0 Å². The predicted molar refractivity (Wildman–Crippen MR) is 103 cm³/mol. The molecule has 0 aromatic heterocycles. The average molecular weight is 326 g/mol. The Morgan fingerprint density at radius 1 is 1.25 bits per heavy atom. The van der Waals surface area contributed by atoms with Gasteiger partial charge in [0.25, 0.3) is 0 Å². The van der Waals surface area contributed by atoms with E-state index in [-0.39, 0.29) is 5.91 Å².